The topological polar surface area (TPSA) is 70.0 Å². The Kier molecular flexibility index (Phi) is 3.63. The minimum absolute atomic E-state index is 0.0835. The van der Waals surface area contributed by atoms with Crippen LogP contribution in [0, 0.1) is 18.3 Å². The second-order valence-corrected chi connectivity index (χ2v) is 3.30. The zero-order chi connectivity index (χ0) is 10.6. The van der Waals surface area contributed by atoms with Crippen molar-refractivity contribution >= 4 is 0 Å². The van der Waals surface area contributed by atoms with E-state index in [0.29, 0.717) is 12.0 Å². The normalized spacial score (nSPS) is 12.1. The standard InChI is InChI=1S/C11H14N2O/c1-8-6-9(11(13)4-5-14)2-3-10(8)7-12/h2-3,6,11,14H,4-5,13H2,1H3/t11-/m0/s1. The van der Waals surface area contributed by atoms with E-state index in [1.165, 1.54) is 0 Å². The Morgan fingerprint density at radius 3 is 2.79 bits per heavy atom. The average molecular weight is 190 g/mol. The van der Waals surface area contributed by atoms with Gasteiger partial charge in [-0.2, -0.15) is 5.26 Å². The van der Waals surface area contributed by atoms with Gasteiger partial charge in [-0.1, -0.05) is 12.1 Å². The number of nitrogens with zero attached hydrogens (tertiary/aromatic N) is 1. The Labute approximate surface area is 83.8 Å². The van der Waals surface area contributed by atoms with E-state index in [4.69, 9.17) is 16.1 Å². The molecule has 74 valence electrons. The van der Waals surface area contributed by atoms with Crippen LogP contribution in [0.2, 0.25) is 0 Å². The lowest BCUT2D eigenvalue weighted by atomic mass is 10.00. The molecule has 3 nitrogen and oxygen atoms in total. The van der Waals surface area contributed by atoms with Crippen LogP contribution < -0.4 is 5.73 Å². The fourth-order valence-electron chi connectivity index (χ4n) is 1.35. The Morgan fingerprint density at radius 1 is 1.57 bits per heavy atom. The molecule has 1 aromatic carbocycles. The van der Waals surface area contributed by atoms with Gasteiger partial charge in [0.25, 0.3) is 0 Å². The predicted octanol–water partition coefficient (Wildman–Crippen LogP) is 1.25. The number of nitrogens with two attached hydrogens (primary N) is 1. The van der Waals surface area contributed by atoms with E-state index in [9.17, 15) is 0 Å². The van der Waals surface area contributed by atoms with Crippen LogP contribution in [-0.2, 0) is 0 Å². The van der Waals surface area contributed by atoms with Crippen LogP contribution in [0.25, 0.3) is 0 Å². The van der Waals surface area contributed by atoms with Crippen LogP contribution in [0.4, 0.5) is 0 Å². The van der Waals surface area contributed by atoms with Crippen molar-refractivity contribution in [3.63, 3.8) is 0 Å². The number of nitriles is 1. The van der Waals surface area contributed by atoms with Gasteiger partial charge in [0.1, 0.15) is 0 Å². The zero-order valence-corrected chi connectivity index (χ0v) is 8.20. The molecule has 0 saturated heterocycles. The second-order valence-electron chi connectivity index (χ2n) is 3.30. The maximum atomic E-state index is 8.74. The van der Waals surface area contributed by atoms with Crippen LogP contribution in [0.3, 0.4) is 0 Å². The molecular weight excluding hydrogens is 176 g/mol. The van der Waals surface area contributed by atoms with Gasteiger partial charge in [-0.15, -0.1) is 0 Å². The number of rotatable bonds is 3. The first-order chi connectivity index (χ1) is 6.69. The van der Waals surface area contributed by atoms with E-state index in [1.807, 2.05) is 19.1 Å². The summed E-state index contributed by atoms with van der Waals surface area (Å²) < 4.78 is 0. The molecule has 14 heavy (non-hydrogen) atoms. The molecule has 3 heteroatoms. The van der Waals surface area contributed by atoms with Gasteiger partial charge >= 0.3 is 0 Å². The third-order valence-electron chi connectivity index (χ3n) is 2.24. The first-order valence-electron chi connectivity index (χ1n) is 4.56. The summed E-state index contributed by atoms with van der Waals surface area (Å²) in [5.74, 6) is 0. The third-order valence-corrected chi connectivity index (χ3v) is 2.24. The van der Waals surface area contributed by atoms with Crippen molar-refractivity contribution < 1.29 is 5.11 Å². The maximum absolute atomic E-state index is 8.74. The molecule has 0 bridgehead atoms. The number of benzene rings is 1. The minimum Gasteiger partial charge on any atom is -0.396 e. The van der Waals surface area contributed by atoms with E-state index >= 15 is 0 Å². The monoisotopic (exact) mass is 190 g/mol. The van der Waals surface area contributed by atoms with E-state index in [2.05, 4.69) is 6.07 Å². The van der Waals surface area contributed by atoms with Gasteiger partial charge in [-0.25, -0.2) is 0 Å². The van der Waals surface area contributed by atoms with Gasteiger partial charge in [-0.3, -0.25) is 0 Å². The summed E-state index contributed by atoms with van der Waals surface area (Å²) in [4.78, 5) is 0. The number of hydrogen-bond donors (Lipinski definition) is 2. The number of aliphatic hydroxyl groups is 1. The Hall–Kier alpha value is -1.37. The van der Waals surface area contributed by atoms with Gasteiger partial charge in [-0.05, 0) is 30.5 Å². The Morgan fingerprint density at radius 2 is 2.29 bits per heavy atom. The zero-order valence-electron chi connectivity index (χ0n) is 8.20. The van der Waals surface area contributed by atoms with Crippen molar-refractivity contribution in [2.45, 2.75) is 19.4 Å². The van der Waals surface area contributed by atoms with Crippen molar-refractivity contribution in [3.05, 3.63) is 34.9 Å². The van der Waals surface area contributed by atoms with Crippen LogP contribution in [0.5, 0.6) is 0 Å². The Balaban J connectivity index is 2.92. The van der Waals surface area contributed by atoms with Gasteiger partial charge < -0.3 is 10.8 Å². The lowest BCUT2D eigenvalue weighted by Crippen LogP contribution is -2.12. The molecule has 0 spiro atoms. The molecule has 0 amide bonds. The van der Waals surface area contributed by atoms with Gasteiger partial charge in [0.05, 0.1) is 11.6 Å². The largest absolute Gasteiger partial charge is 0.396 e. The maximum Gasteiger partial charge on any atom is 0.0994 e. The molecule has 0 radical (unpaired) electrons. The smallest absolute Gasteiger partial charge is 0.0994 e. The van der Waals surface area contributed by atoms with Crippen LogP contribution in [-0.4, -0.2) is 11.7 Å². The number of aryl methyl sites for hydroxylation is 1. The molecule has 0 aliphatic heterocycles. The van der Waals surface area contributed by atoms with Gasteiger partial charge in [0.2, 0.25) is 0 Å². The molecule has 3 N–H and O–H groups in total. The summed E-state index contributed by atoms with van der Waals surface area (Å²) in [6, 6.07) is 7.46. The molecular formula is C11H14N2O. The quantitative estimate of drug-likeness (QED) is 0.753. The summed E-state index contributed by atoms with van der Waals surface area (Å²) in [5, 5.41) is 17.5. The van der Waals surface area contributed by atoms with Crippen molar-refractivity contribution in [2.75, 3.05) is 6.61 Å². The lowest BCUT2D eigenvalue weighted by Gasteiger charge is -2.11. The molecule has 0 saturated carbocycles. The summed E-state index contributed by atoms with van der Waals surface area (Å²) in [5.41, 5.74) is 8.39. The molecule has 1 atom stereocenters. The number of hydrogen-bond acceptors (Lipinski definition) is 3. The fourth-order valence-corrected chi connectivity index (χ4v) is 1.35. The minimum atomic E-state index is -0.147. The van der Waals surface area contributed by atoms with Gasteiger partial charge in [0.15, 0.2) is 0 Å². The molecule has 0 heterocycles. The van der Waals surface area contributed by atoms with Crippen molar-refractivity contribution in [3.8, 4) is 6.07 Å². The van der Waals surface area contributed by atoms with Crippen LogP contribution in [0.1, 0.15) is 29.2 Å². The van der Waals surface area contributed by atoms with Gasteiger partial charge in [0, 0.05) is 12.6 Å². The molecule has 0 aliphatic rings. The van der Waals surface area contributed by atoms with E-state index in [1.54, 1.807) is 6.07 Å². The van der Waals surface area contributed by atoms with Crippen LogP contribution in [0.15, 0.2) is 18.2 Å². The highest BCUT2D eigenvalue weighted by Crippen LogP contribution is 2.17. The van der Waals surface area contributed by atoms with Crippen molar-refractivity contribution in [1.82, 2.24) is 0 Å². The fraction of sp³-hybridized carbons (Fsp3) is 0.364. The molecule has 0 aliphatic carbocycles. The summed E-state index contributed by atoms with van der Waals surface area (Å²) >= 11 is 0. The van der Waals surface area contributed by atoms with E-state index < -0.39 is 0 Å². The highest BCUT2D eigenvalue weighted by molar-refractivity contribution is 5.40. The van der Waals surface area contributed by atoms with E-state index in [0.717, 1.165) is 11.1 Å². The van der Waals surface area contributed by atoms with Crippen molar-refractivity contribution in [2.24, 2.45) is 5.73 Å². The van der Waals surface area contributed by atoms with Crippen LogP contribution >= 0.6 is 0 Å². The summed E-state index contributed by atoms with van der Waals surface area (Å²) in [6.45, 7) is 1.97. The summed E-state index contributed by atoms with van der Waals surface area (Å²) in [7, 11) is 0. The third kappa shape index (κ3) is 2.32. The molecule has 0 aromatic heterocycles. The highest BCUT2D eigenvalue weighted by atomic mass is 16.3. The summed E-state index contributed by atoms with van der Waals surface area (Å²) in [6.07, 6.45) is 0.547. The molecule has 0 unspecified atom stereocenters. The Bertz CT molecular complexity index is 355. The number of aliphatic hydroxyl groups excluding tert-OH is 1. The first-order valence-corrected chi connectivity index (χ1v) is 4.56. The van der Waals surface area contributed by atoms with E-state index in [-0.39, 0.29) is 12.6 Å². The highest BCUT2D eigenvalue weighted by Gasteiger charge is 2.06. The molecule has 1 rings (SSSR count). The average Bonchev–Trinajstić information content (AvgIpc) is 2.18. The predicted molar refractivity (Wildman–Crippen MR) is 54.5 cm³/mol. The molecule has 1 aromatic rings. The lowest BCUT2D eigenvalue weighted by molar-refractivity contribution is 0.276. The van der Waals surface area contributed by atoms with Crippen molar-refractivity contribution in [1.29, 1.82) is 5.26 Å². The molecule has 0 fully saturated rings. The second kappa shape index (κ2) is 4.75. The SMILES string of the molecule is Cc1cc([C@@H](N)CCO)ccc1C#N. The first kappa shape index (κ1) is 10.7.